The molecule has 2 aliphatic rings. The Balaban J connectivity index is 1.75. The normalized spacial score (nSPS) is 19.1. The van der Waals surface area contributed by atoms with Crippen LogP contribution >= 0.6 is 0 Å². The van der Waals surface area contributed by atoms with E-state index in [9.17, 15) is 13.6 Å². The van der Waals surface area contributed by atoms with E-state index in [0.29, 0.717) is 0 Å². The molecule has 0 radical (unpaired) electrons. The zero-order valence-electron chi connectivity index (χ0n) is 14.6. The van der Waals surface area contributed by atoms with Gasteiger partial charge in [-0.2, -0.15) is 5.10 Å². The minimum Gasteiger partial charge on any atom is -0.461 e. The van der Waals surface area contributed by atoms with Gasteiger partial charge < -0.3 is 4.74 Å². The second-order valence-corrected chi connectivity index (χ2v) is 6.85. The standard InChI is InChI=1S/C21H16F2N2O2/c1-2-27-21(26)19-18-14-10-15(13-6-4-3-5-12(13)14)20(18)25(24-19)17-8-7-11(22)9-16(17)23/h3-9,14-15H,2,10H2,1H3. The van der Waals surface area contributed by atoms with Crippen LogP contribution in [0.5, 0.6) is 0 Å². The monoisotopic (exact) mass is 366 g/mol. The molecule has 0 N–H and O–H groups in total. The number of fused-ring (bicyclic) bond motifs is 8. The van der Waals surface area contributed by atoms with E-state index in [1.807, 2.05) is 12.1 Å². The van der Waals surface area contributed by atoms with Crippen LogP contribution < -0.4 is 0 Å². The van der Waals surface area contributed by atoms with Crippen molar-refractivity contribution in [1.82, 2.24) is 9.78 Å². The van der Waals surface area contributed by atoms with Gasteiger partial charge >= 0.3 is 5.97 Å². The van der Waals surface area contributed by atoms with Crippen molar-refractivity contribution in [2.75, 3.05) is 6.61 Å². The predicted molar refractivity (Wildman–Crippen MR) is 94.2 cm³/mol. The van der Waals surface area contributed by atoms with Crippen molar-refractivity contribution >= 4 is 5.97 Å². The van der Waals surface area contributed by atoms with E-state index in [1.165, 1.54) is 27.9 Å². The van der Waals surface area contributed by atoms with Gasteiger partial charge in [-0.15, -0.1) is 0 Å². The third-order valence-corrected chi connectivity index (χ3v) is 5.46. The lowest BCUT2D eigenvalue weighted by Gasteiger charge is -2.18. The van der Waals surface area contributed by atoms with Gasteiger partial charge in [0.1, 0.15) is 11.5 Å². The Labute approximate surface area is 154 Å². The fraction of sp³-hybridized carbons (Fsp3) is 0.238. The fourth-order valence-corrected chi connectivity index (χ4v) is 4.48. The first-order valence-electron chi connectivity index (χ1n) is 8.94. The van der Waals surface area contributed by atoms with Crippen molar-refractivity contribution in [3.05, 3.63) is 82.2 Å². The lowest BCUT2D eigenvalue weighted by Crippen LogP contribution is -2.10. The summed E-state index contributed by atoms with van der Waals surface area (Å²) in [6, 6.07) is 11.5. The molecule has 5 rings (SSSR count). The van der Waals surface area contributed by atoms with E-state index in [0.717, 1.165) is 23.7 Å². The number of carbonyl (C=O) groups excluding carboxylic acids is 1. The average molecular weight is 366 g/mol. The van der Waals surface area contributed by atoms with Gasteiger partial charge in [-0.05, 0) is 36.6 Å². The van der Waals surface area contributed by atoms with Gasteiger partial charge in [-0.3, -0.25) is 0 Å². The maximum Gasteiger partial charge on any atom is 0.359 e. The molecule has 2 aromatic carbocycles. The van der Waals surface area contributed by atoms with Crippen molar-refractivity contribution in [2.24, 2.45) is 0 Å². The Morgan fingerprint density at radius 3 is 2.63 bits per heavy atom. The highest BCUT2D eigenvalue weighted by atomic mass is 19.1. The Hall–Kier alpha value is -3.02. The van der Waals surface area contributed by atoms with Gasteiger partial charge in [0.2, 0.25) is 0 Å². The molecule has 2 bridgehead atoms. The number of esters is 1. The van der Waals surface area contributed by atoms with Crippen LogP contribution in [0.3, 0.4) is 0 Å². The third-order valence-electron chi connectivity index (χ3n) is 5.46. The van der Waals surface area contributed by atoms with E-state index in [1.54, 1.807) is 6.92 Å². The summed E-state index contributed by atoms with van der Waals surface area (Å²) in [5.41, 5.74) is 4.31. The van der Waals surface area contributed by atoms with Crippen molar-refractivity contribution in [1.29, 1.82) is 0 Å². The predicted octanol–water partition coefficient (Wildman–Crippen LogP) is 4.31. The van der Waals surface area contributed by atoms with Crippen LogP contribution in [0.25, 0.3) is 5.69 Å². The topological polar surface area (TPSA) is 44.1 Å². The molecular formula is C21H16F2N2O2. The first-order valence-corrected chi connectivity index (χ1v) is 8.94. The molecular weight excluding hydrogens is 350 g/mol. The summed E-state index contributed by atoms with van der Waals surface area (Å²) >= 11 is 0. The molecule has 1 aromatic heterocycles. The SMILES string of the molecule is CCOC(=O)c1nn(-c2ccc(F)cc2F)c2c1C1CC2c2ccccc21. The molecule has 2 atom stereocenters. The molecule has 0 saturated carbocycles. The van der Waals surface area contributed by atoms with Crippen molar-refractivity contribution < 1.29 is 18.3 Å². The zero-order chi connectivity index (χ0) is 18.7. The molecule has 1 heterocycles. The summed E-state index contributed by atoms with van der Waals surface area (Å²) in [4.78, 5) is 12.5. The van der Waals surface area contributed by atoms with Gasteiger partial charge in [0.05, 0.1) is 12.3 Å². The second kappa shape index (κ2) is 5.74. The molecule has 0 spiro atoms. The Bertz CT molecular complexity index is 1090. The lowest BCUT2D eigenvalue weighted by molar-refractivity contribution is 0.0517. The summed E-state index contributed by atoms with van der Waals surface area (Å²) in [7, 11) is 0. The number of rotatable bonds is 3. The quantitative estimate of drug-likeness (QED) is 0.649. The van der Waals surface area contributed by atoms with Crippen LogP contribution in [0, 0.1) is 11.6 Å². The highest BCUT2D eigenvalue weighted by Gasteiger charge is 2.47. The Morgan fingerprint density at radius 1 is 1.19 bits per heavy atom. The molecule has 0 amide bonds. The van der Waals surface area contributed by atoms with Crippen LogP contribution in [0.1, 0.15) is 58.1 Å². The Morgan fingerprint density at radius 2 is 1.93 bits per heavy atom. The maximum absolute atomic E-state index is 14.5. The molecule has 0 aliphatic heterocycles. The van der Waals surface area contributed by atoms with E-state index in [4.69, 9.17) is 4.74 Å². The van der Waals surface area contributed by atoms with Gasteiger partial charge in [-0.25, -0.2) is 18.3 Å². The zero-order valence-corrected chi connectivity index (χ0v) is 14.6. The highest BCUT2D eigenvalue weighted by molar-refractivity contribution is 5.91. The number of hydrogen-bond donors (Lipinski definition) is 0. The van der Waals surface area contributed by atoms with Crippen LogP contribution in [0.4, 0.5) is 8.78 Å². The van der Waals surface area contributed by atoms with Gasteiger partial charge in [0, 0.05) is 23.5 Å². The molecule has 3 aromatic rings. The lowest BCUT2D eigenvalue weighted by atomic mass is 9.88. The van der Waals surface area contributed by atoms with E-state index in [-0.39, 0.29) is 29.8 Å². The van der Waals surface area contributed by atoms with Crippen molar-refractivity contribution in [2.45, 2.75) is 25.2 Å². The summed E-state index contributed by atoms with van der Waals surface area (Å²) in [6.45, 7) is 1.96. The van der Waals surface area contributed by atoms with Gasteiger partial charge in [0.25, 0.3) is 0 Å². The molecule has 2 aliphatic carbocycles. The molecule has 136 valence electrons. The number of nitrogens with zero attached hydrogens (tertiary/aromatic N) is 2. The number of halogens is 2. The average Bonchev–Trinajstić information content (AvgIpc) is 3.31. The number of hydrogen-bond acceptors (Lipinski definition) is 3. The summed E-state index contributed by atoms with van der Waals surface area (Å²) in [6.07, 6.45) is 0.821. The smallest absolute Gasteiger partial charge is 0.359 e. The number of ether oxygens (including phenoxy) is 1. The number of aromatic nitrogens is 2. The number of benzene rings is 2. The van der Waals surface area contributed by atoms with Crippen molar-refractivity contribution in [3.8, 4) is 5.69 Å². The van der Waals surface area contributed by atoms with Crippen LogP contribution in [-0.4, -0.2) is 22.4 Å². The number of carbonyl (C=O) groups is 1. The second-order valence-electron chi connectivity index (χ2n) is 6.85. The largest absolute Gasteiger partial charge is 0.461 e. The third kappa shape index (κ3) is 2.19. The molecule has 27 heavy (non-hydrogen) atoms. The minimum absolute atomic E-state index is 0.0290. The van der Waals surface area contributed by atoms with E-state index < -0.39 is 17.6 Å². The molecule has 0 fully saturated rings. The van der Waals surface area contributed by atoms with Crippen LogP contribution in [-0.2, 0) is 4.74 Å². The maximum atomic E-state index is 14.5. The van der Waals surface area contributed by atoms with Crippen molar-refractivity contribution in [3.63, 3.8) is 0 Å². The van der Waals surface area contributed by atoms with Crippen LogP contribution in [0.15, 0.2) is 42.5 Å². The van der Waals surface area contributed by atoms with Gasteiger partial charge in [-0.1, -0.05) is 24.3 Å². The molecule has 6 heteroatoms. The first-order chi connectivity index (χ1) is 13.1. The Kier molecular flexibility index (Phi) is 3.44. The fourth-order valence-electron chi connectivity index (χ4n) is 4.48. The summed E-state index contributed by atoms with van der Waals surface area (Å²) < 4.78 is 34.5. The molecule has 0 saturated heterocycles. The van der Waals surface area contributed by atoms with Gasteiger partial charge in [0.15, 0.2) is 11.5 Å². The molecule has 2 unspecified atom stereocenters. The van der Waals surface area contributed by atoms with E-state index in [2.05, 4.69) is 17.2 Å². The summed E-state index contributed by atoms with van der Waals surface area (Å²) in [5, 5.41) is 4.41. The molecule has 4 nitrogen and oxygen atoms in total. The minimum atomic E-state index is -0.716. The summed E-state index contributed by atoms with van der Waals surface area (Å²) in [5.74, 6) is -1.82. The van der Waals surface area contributed by atoms with E-state index >= 15 is 0 Å². The highest BCUT2D eigenvalue weighted by Crippen LogP contribution is 2.57. The van der Waals surface area contributed by atoms with Crippen LogP contribution in [0.2, 0.25) is 0 Å². The first kappa shape index (κ1) is 16.2.